The number of methoxy groups -OCH3 is 1. The van der Waals surface area contributed by atoms with Gasteiger partial charge in [0.1, 0.15) is 5.60 Å². The van der Waals surface area contributed by atoms with Gasteiger partial charge in [0.25, 0.3) is 0 Å². The van der Waals surface area contributed by atoms with Crippen LogP contribution in [0.4, 0.5) is 0 Å². The molecule has 17 heavy (non-hydrogen) atoms. The highest BCUT2D eigenvalue weighted by Gasteiger charge is 2.35. The summed E-state index contributed by atoms with van der Waals surface area (Å²) in [7, 11) is 1.64. The molecule has 0 fully saturated rings. The lowest BCUT2D eigenvalue weighted by Gasteiger charge is -2.30. The van der Waals surface area contributed by atoms with Crippen LogP contribution in [-0.2, 0) is 16.0 Å². The van der Waals surface area contributed by atoms with Gasteiger partial charge in [-0.1, -0.05) is 44.2 Å². The summed E-state index contributed by atoms with van der Waals surface area (Å²) in [5, 5.41) is 0. The first-order chi connectivity index (χ1) is 8.18. The van der Waals surface area contributed by atoms with Crippen LogP contribution in [0.1, 0.15) is 38.7 Å². The molecule has 0 aliphatic rings. The number of rotatable bonds is 7. The van der Waals surface area contributed by atoms with Crippen LogP contribution in [0.25, 0.3) is 0 Å². The summed E-state index contributed by atoms with van der Waals surface area (Å²) in [5.74, 6) is 0.217. The molecule has 94 valence electrons. The molecule has 0 aliphatic heterocycles. The van der Waals surface area contributed by atoms with Gasteiger partial charge in [0.15, 0.2) is 5.78 Å². The molecule has 0 amide bonds. The van der Waals surface area contributed by atoms with Crippen LogP contribution in [0, 0.1) is 0 Å². The normalized spacial score (nSPS) is 14.3. The summed E-state index contributed by atoms with van der Waals surface area (Å²) in [6.07, 6.45) is 2.85. The lowest BCUT2D eigenvalue weighted by atomic mass is 9.85. The van der Waals surface area contributed by atoms with Crippen LogP contribution in [0.15, 0.2) is 30.3 Å². The Morgan fingerprint density at radius 3 is 2.35 bits per heavy atom. The van der Waals surface area contributed by atoms with Gasteiger partial charge in [-0.2, -0.15) is 0 Å². The van der Waals surface area contributed by atoms with Gasteiger partial charge in [-0.15, -0.1) is 0 Å². The molecule has 0 saturated heterocycles. The van der Waals surface area contributed by atoms with Crippen molar-refractivity contribution >= 4 is 5.78 Å². The molecule has 0 heterocycles. The van der Waals surface area contributed by atoms with Crippen molar-refractivity contribution in [2.45, 2.75) is 45.1 Å². The lowest BCUT2D eigenvalue weighted by molar-refractivity contribution is -0.141. The molecule has 0 aliphatic carbocycles. The van der Waals surface area contributed by atoms with Crippen LogP contribution < -0.4 is 0 Å². The number of hydrogen-bond acceptors (Lipinski definition) is 2. The fraction of sp³-hybridized carbons (Fsp3) is 0.533. The molecule has 0 bridgehead atoms. The van der Waals surface area contributed by atoms with Gasteiger partial charge in [0.05, 0.1) is 0 Å². The minimum Gasteiger partial charge on any atom is -0.370 e. The predicted octanol–water partition coefficient (Wildman–Crippen LogP) is 3.39. The van der Waals surface area contributed by atoms with E-state index < -0.39 is 5.60 Å². The Kier molecular flexibility index (Phi) is 5.36. The van der Waals surface area contributed by atoms with Crippen molar-refractivity contribution in [3.63, 3.8) is 0 Å². The smallest absolute Gasteiger partial charge is 0.164 e. The summed E-state index contributed by atoms with van der Waals surface area (Å²) >= 11 is 0. The average molecular weight is 234 g/mol. The van der Waals surface area contributed by atoms with Crippen molar-refractivity contribution in [2.24, 2.45) is 0 Å². The first kappa shape index (κ1) is 13.9. The molecule has 1 unspecified atom stereocenters. The molecular formula is C15H22O2. The Bertz CT molecular complexity index is 339. The van der Waals surface area contributed by atoms with Gasteiger partial charge in [-0.25, -0.2) is 0 Å². The van der Waals surface area contributed by atoms with Crippen LogP contribution in [-0.4, -0.2) is 18.5 Å². The maximum absolute atomic E-state index is 12.2. The molecule has 0 N–H and O–H groups in total. The van der Waals surface area contributed by atoms with E-state index in [1.54, 1.807) is 7.11 Å². The fourth-order valence-corrected chi connectivity index (χ4v) is 2.13. The number of hydrogen-bond donors (Lipinski definition) is 0. The Morgan fingerprint density at radius 2 is 1.88 bits per heavy atom. The molecular weight excluding hydrogens is 212 g/mol. The van der Waals surface area contributed by atoms with Gasteiger partial charge < -0.3 is 4.74 Å². The van der Waals surface area contributed by atoms with Gasteiger partial charge >= 0.3 is 0 Å². The predicted molar refractivity (Wildman–Crippen MR) is 70.1 cm³/mol. The number of benzene rings is 1. The summed E-state index contributed by atoms with van der Waals surface area (Å²) in [5.41, 5.74) is 0.512. The first-order valence-electron chi connectivity index (χ1n) is 6.31. The van der Waals surface area contributed by atoms with E-state index in [0.717, 1.165) is 18.4 Å². The molecule has 0 spiro atoms. The average Bonchev–Trinajstić information content (AvgIpc) is 2.37. The van der Waals surface area contributed by atoms with Gasteiger partial charge in [-0.05, 0) is 18.4 Å². The highest BCUT2D eigenvalue weighted by atomic mass is 16.5. The monoisotopic (exact) mass is 234 g/mol. The van der Waals surface area contributed by atoms with E-state index in [1.165, 1.54) is 0 Å². The van der Waals surface area contributed by atoms with Crippen LogP contribution in [0.2, 0.25) is 0 Å². The largest absolute Gasteiger partial charge is 0.370 e. The summed E-state index contributed by atoms with van der Waals surface area (Å²) < 4.78 is 5.56. The van der Waals surface area contributed by atoms with Crippen molar-refractivity contribution < 1.29 is 9.53 Å². The quantitative estimate of drug-likeness (QED) is 0.723. The Morgan fingerprint density at radius 1 is 1.24 bits per heavy atom. The maximum Gasteiger partial charge on any atom is 0.164 e. The zero-order valence-electron chi connectivity index (χ0n) is 11.0. The molecule has 1 rings (SSSR count). The van der Waals surface area contributed by atoms with E-state index in [2.05, 4.69) is 0 Å². The fourth-order valence-electron chi connectivity index (χ4n) is 2.13. The van der Waals surface area contributed by atoms with E-state index >= 15 is 0 Å². The minimum atomic E-state index is -0.642. The summed E-state index contributed by atoms with van der Waals surface area (Å²) in [6.45, 7) is 4.04. The van der Waals surface area contributed by atoms with Gasteiger partial charge in [0.2, 0.25) is 0 Å². The second-order valence-electron chi connectivity index (χ2n) is 4.39. The van der Waals surface area contributed by atoms with Crippen molar-refractivity contribution in [1.82, 2.24) is 0 Å². The van der Waals surface area contributed by atoms with Gasteiger partial charge in [0, 0.05) is 20.0 Å². The second-order valence-corrected chi connectivity index (χ2v) is 4.39. The highest BCUT2D eigenvalue weighted by Crippen LogP contribution is 2.24. The lowest BCUT2D eigenvalue weighted by Crippen LogP contribution is -2.42. The van der Waals surface area contributed by atoms with Crippen molar-refractivity contribution in [2.75, 3.05) is 7.11 Å². The number of carbonyl (C=O) groups excluding carboxylic acids is 1. The van der Waals surface area contributed by atoms with Crippen molar-refractivity contribution in [3.05, 3.63) is 35.9 Å². The maximum atomic E-state index is 12.2. The topological polar surface area (TPSA) is 26.3 Å². The third kappa shape index (κ3) is 3.40. The van der Waals surface area contributed by atoms with Crippen molar-refractivity contribution in [1.29, 1.82) is 0 Å². The number of ketones is 1. The Labute approximate surface area is 104 Å². The van der Waals surface area contributed by atoms with Crippen LogP contribution in [0.5, 0.6) is 0 Å². The third-order valence-corrected chi connectivity index (χ3v) is 3.28. The second kappa shape index (κ2) is 6.55. The number of carbonyl (C=O) groups is 1. The number of Topliss-reactive ketones (excluding diaryl/α,β-unsaturated/α-hetero) is 1. The van der Waals surface area contributed by atoms with Crippen LogP contribution >= 0.6 is 0 Å². The van der Waals surface area contributed by atoms with Gasteiger partial charge in [-0.3, -0.25) is 4.79 Å². The molecule has 0 saturated carbocycles. The summed E-state index contributed by atoms with van der Waals surface area (Å²) in [4.78, 5) is 12.2. The van der Waals surface area contributed by atoms with E-state index in [4.69, 9.17) is 4.74 Å². The van der Waals surface area contributed by atoms with Crippen LogP contribution in [0.3, 0.4) is 0 Å². The first-order valence-corrected chi connectivity index (χ1v) is 6.31. The Hall–Kier alpha value is -1.15. The molecule has 0 aromatic heterocycles. The molecule has 2 heteroatoms. The van der Waals surface area contributed by atoms with E-state index in [0.29, 0.717) is 12.8 Å². The molecule has 2 nitrogen and oxygen atoms in total. The molecule has 1 atom stereocenters. The molecule has 0 radical (unpaired) electrons. The number of ether oxygens (including phenoxy) is 1. The Balaban J connectivity index is 2.88. The highest BCUT2D eigenvalue weighted by molar-refractivity contribution is 5.87. The standard InChI is InChI=1S/C15H22O2/c1-4-9-14(16)15(5-2,17-3)12-13-10-7-6-8-11-13/h6-8,10-11H,4-5,9,12H2,1-3H3. The molecule has 1 aromatic carbocycles. The van der Waals surface area contributed by atoms with E-state index in [-0.39, 0.29) is 5.78 Å². The van der Waals surface area contributed by atoms with E-state index in [1.807, 2.05) is 44.2 Å². The van der Waals surface area contributed by atoms with Crippen molar-refractivity contribution in [3.8, 4) is 0 Å². The van der Waals surface area contributed by atoms with E-state index in [9.17, 15) is 4.79 Å². The SMILES string of the molecule is CCCC(=O)C(CC)(Cc1ccccc1)OC. The summed E-state index contributed by atoms with van der Waals surface area (Å²) in [6, 6.07) is 10.1. The molecule has 1 aromatic rings. The zero-order chi connectivity index (χ0) is 12.7. The zero-order valence-corrected chi connectivity index (χ0v) is 11.0. The minimum absolute atomic E-state index is 0.217. The third-order valence-electron chi connectivity index (χ3n) is 3.28.